The number of rotatable bonds is 5. The van der Waals surface area contributed by atoms with E-state index in [9.17, 15) is 18.4 Å². The molecule has 0 saturated heterocycles. The molecule has 0 spiro atoms. The number of halogens is 2. The Labute approximate surface area is 164 Å². The first kappa shape index (κ1) is 18.8. The van der Waals surface area contributed by atoms with Gasteiger partial charge in [-0.1, -0.05) is 24.3 Å². The maximum absolute atomic E-state index is 13.0. The van der Waals surface area contributed by atoms with Crippen LogP contribution in [0.4, 0.5) is 8.78 Å². The molecular formula is C21H18F2N4O2. The van der Waals surface area contributed by atoms with Gasteiger partial charge >= 0.3 is 6.55 Å². The molecule has 0 fully saturated rings. The molecule has 0 atom stereocenters. The molecule has 0 aliphatic rings. The summed E-state index contributed by atoms with van der Waals surface area (Å²) in [4.78, 5) is 30.9. The Morgan fingerprint density at radius 3 is 2.24 bits per heavy atom. The number of carbonyl (C=O) groups excluding carboxylic acids is 1. The normalized spacial score (nSPS) is 11.4. The Bertz CT molecular complexity index is 1200. The number of aromatic nitrogens is 3. The summed E-state index contributed by atoms with van der Waals surface area (Å²) in [6, 6.07) is 14.2. The van der Waals surface area contributed by atoms with Crippen LogP contribution in [0.3, 0.4) is 0 Å². The molecule has 4 aromatic rings. The van der Waals surface area contributed by atoms with Gasteiger partial charge in [-0.15, -0.1) is 0 Å². The molecule has 0 bridgehead atoms. The Kier molecular flexibility index (Phi) is 4.84. The lowest BCUT2D eigenvalue weighted by Gasteiger charge is -2.20. The lowest BCUT2D eigenvalue weighted by atomic mass is 10.1. The molecule has 2 aromatic carbocycles. The van der Waals surface area contributed by atoms with Crippen LogP contribution in [-0.2, 0) is 17.9 Å². The monoisotopic (exact) mass is 396 g/mol. The Hall–Kier alpha value is -3.55. The van der Waals surface area contributed by atoms with Crippen LogP contribution < -0.4 is 5.43 Å². The van der Waals surface area contributed by atoms with E-state index in [1.165, 1.54) is 17.3 Å². The number of alkyl halides is 2. The van der Waals surface area contributed by atoms with E-state index in [2.05, 4.69) is 4.98 Å². The van der Waals surface area contributed by atoms with Crippen molar-refractivity contribution in [1.82, 2.24) is 19.0 Å². The number of carbonyl (C=O) groups is 1. The predicted octanol–water partition coefficient (Wildman–Crippen LogP) is 3.40. The summed E-state index contributed by atoms with van der Waals surface area (Å²) < 4.78 is 28.6. The first-order chi connectivity index (χ1) is 14.0. The summed E-state index contributed by atoms with van der Waals surface area (Å²) in [5.41, 5.74) is 1.20. The molecule has 2 heterocycles. The standard InChI is InChI=1S/C21H18F2N4O2/c1-25(12-18-24-10-11-26(18)21(22)23)19(28)13-27-16-8-4-2-6-14(16)20(29)15-7-3-5-9-17(15)27/h2-11,21H,12-13H2,1H3. The van der Waals surface area contributed by atoms with Crippen molar-refractivity contribution in [2.45, 2.75) is 19.6 Å². The fourth-order valence-electron chi connectivity index (χ4n) is 3.45. The molecule has 29 heavy (non-hydrogen) atoms. The van der Waals surface area contributed by atoms with Gasteiger partial charge < -0.3 is 9.47 Å². The molecule has 0 saturated carbocycles. The van der Waals surface area contributed by atoms with Crippen molar-refractivity contribution in [3.63, 3.8) is 0 Å². The Balaban J connectivity index is 1.71. The molecule has 0 radical (unpaired) electrons. The second-order valence-corrected chi connectivity index (χ2v) is 6.73. The number of benzene rings is 2. The van der Waals surface area contributed by atoms with Crippen LogP contribution in [0.15, 0.2) is 65.7 Å². The molecule has 0 unspecified atom stereocenters. The molecule has 6 nitrogen and oxygen atoms in total. The van der Waals surface area contributed by atoms with Crippen molar-refractivity contribution in [2.75, 3.05) is 7.05 Å². The van der Waals surface area contributed by atoms with Crippen LogP contribution in [0.5, 0.6) is 0 Å². The summed E-state index contributed by atoms with van der Waals surface area (Å²) in [5, 5.41) is 1.05. The fraction of sp³-hybridized carbons (Fsp3) is 0.190. The van der Waals surface area contributed by atoms with Crippen LogP contribution in [0.1, 0.15) is 12.4 Å². The minimum Gasteiger partial charge on any atom is -0.337 e. The number of imidazole rings is 1. The van der Waals surface area contributed by atoms with E-state index in [1.807, 2.05) is 0 Å². The van der Waals surface area contributed by atoms with Gasteiger partial charge in [-0.3, -0.25) is 14.2 Å². The van der Waals surface area contributed by atoms with Crippen molar-refractivity contribution in [3.8, 4) is 0 Å². The van der Waals surface area contributed by atoms with Crippen molar-refractivity contribution in [2.24, 2.45) is 0 Å². The van der Waals surface area contributed by atoms with E-state index in [1.54, 1.807) is 60.1 Å². The summed E-state index contributed by atoms with van der Waals surface area (Å²) >= 11 is 0. The number of hydrogen-bond donors (Lipinski definition) is 0. The average Bonchev–Trinajstić information content (AvgIpc) is 3.19. The highest BCUT2D eigenvalue weighted by atomic mass is 19.3. The third-order valence-corrected chi connectivity index (χ3v) is 4.94. The number of para-hydroxylation sites is 2. The van der Waals surface area contributed by atoms with Crippen molar-refractivity contribution >= 4 is 27.7 Å². The van der Waals surface area contributed by atoms with Crippen molar-refractivity contribution in [3.05, 3.63) is 77.0 Å². The van der Waals surface area contributed by atoms with E-state index in [0.717, 1.165) is 4.57 Å². The first-order valence-corrected chi connectivity index (χ1v) is 9.01. The molecular weight excluding hydrogens is 378 g/mol. The smallest absolute Gasteiger partial charge is 0.319 e. The van der Waals surface area contributed by atoms with Gasteiger partial charge in [0.2, 0.25) is 5.91 Å². The predicted molar refractivity (Wildman–Crippen MR) is 106 cm³/mol. The van der Waals surface area contributed by atoms with E-state index in [-0.39, 0.29) is 30.2 Å². The highest BCUT2D eigenvalue weighted by Gasteiger charge is 2.18. The van der Waals surface area contributed by atoms with Gasteiger partial charge in [0.15, 0.2) is 5.43 Å². The molecule has 8 heteroatoms. The van der Waals surface area contributed by atoms with Crippen LogP contribution in [-0.4, -0.2) is 32.0 Å². The summed E-state index contributed by atoms with van der Waals surface area (Å²) in [5.74, 6) is -0.182. The van der Waals surface area contributed by atoms with Crippen LogP contribution in [0.2, 0.25) is 0 Å². The lowest BCUT2D eigenvalue weighted by molar-refractivity contribution is -0.131. The van der Waals surface area contributed by atoms with Crippen LogP contribution in [0.25, 0.3) is 21.8 Å². The molecule has 2 aromatic heterocycles. The fourth-order valence-corrected chi connectivity index (χ4v) is 3.45. The van der Waals surface area contributed by atoms with E-state index < -0.39 is 6.55 Å². The number of amides is 1. The molecule has 0 aliphatic carbocycles. The summed E-state index contributed by atoms with van der Waals surface area (Å²) in [6.07, 6.45) is 2.46. The van der Waals surface area contributed by atoms with E-state index in [4.69, 9.17) is 0 Å². The number of pyridine rings is 1. The van der Waals surface area contributed by atoms with E-state index in [0.29, 0.717) is 21.8 Å². The lowest BCUT2D eigenvalue weighted by Crippen LogP contribution is -2.31. The van der Waals surface area contributed by atoms with Gasteiger partial charge in [-0.2, -0.15) is 8.78 Å². The van der Waals surface area contributed by atoms with Gasteiger partial charge in [0, 0.05) is 30.2 Å². The highest BCUT2D eigenvalue weighted by molar-refractivity contribution is 5.94. The number of nitrogens with zero attached hydrogens (tertiary/aromatic N) is 4. The largest absolute Gasteiger partial charge is 0.337 e. The zero-order valence-corrected chi connectivity index (χ0v) is 15.6. The maximum atomic E-state index is 13.0. The van der Waals surface area contributed by atoms with Crippen LogP contribution >= 0.6 is 0 Å². The van der Waals surface area contributed by atoms with E-state index >= 15 is 0 Å². The van der Waals surface area contributed by atoms with Gasteiger partial charge in [0.25, 0.3) is 0 Å². The van der Waals surface area contributed by atoms with Crippen molar-refractivity contribution in [1.29, 1.82) is 0 Å². The summed E-state index contributed by atoms with van der Waals surface area (Å²) in [7, 11) is 1.54. The zero-order valence-electron chi connectivity index (χ0n) is 15.6. The number of fused-ring (bicyclic) bond motifs is 2. The minimum absolute atomic E-state index is 0.0345. The average molecular weight is 396 g/mol. The van der Waals surface area contributed by atoms with Crippen LogP contribution in [0, 0.1) is 0 Å². The molecule has 0 aliphatic heterocycles. The second-order valence-electron chi connectivity index (χ2n) is 6.73. The van der Waals surface area contributed by atoms with Gasteiger partial charge in [-0.05, 0) is 24.3 Å². The third kappa shape index (κ3) is 3.37. The molecule has 0 N–H and O–H groups in total. The molecule has 4 rings (SSSR count). The number of hydrogen-bond acceptors (Lipinski definition) is 3. The summed E-state index contributed by atoms with van der Waals surface area (Å²) in [6.45, 7) is -2.80. The van der Waals surface area contributed by atoms with Gasteiger partial charge in [0.05, 0.1) is 17.6 Å². The molecule has 148 valence electrons. The zero-order chi connectivity index (χ0) is 20.5. The van der Waals surface area contributed by atoms with Gasteiger partial charge in [-0.25, -0.2) is 4.98 Å². The quantitative estimate of drug-likeness (QED) is 0.486. The Morgan fingerprint density at radius 2 is 1.66 bits per heavy atom. The third-order valence-electron chi connectivity index (χ3n) is 4.94. The van der Waals surface area contributed by atoms with Crippen molar-refractivity contribution < 1.29 is 13.6 Å². The highest BCUT2D eigenvalue weighted by Crippen LogP contribution is 2.20. The topological polar surface area (TPSA) is 60.1 Å². The SMILES string of the molecule is CN(Cc1nccn1C(F)F)C(=O)Cn1c2ccccc2c(=O)c2ccccc21. The Morgan fingerprint density at radius 1 is 1.07 bits per heavy atom. The molecule has 1 amide bonds. The number of likely N-dealkylation sites (N-methyl/N-ethyl adjacent to an activating group) is 1. The maximum Gasteiger partial charge on any atom is 0.319 e. The first-order valence-electron chi connectivity index (χ1n) is 9.01. The van der Waals surface area contributed by atoms with Gasteiger partial charge in [0.1, 0.15) is 12.4 Å². The second kappa shape index (κ2) is 7.46. The minimum atomic E-state index is -2.72.